The molecule has 0 spiro atoms. The van der Waals surface area contributed by atoms with Crippen LogP contribution in [-0.2, 0) is 10.0 Å². The average molecular weight is 575 g/mol. The summed E-state index contributed by atoms with van der Waals surface area (Å²) >= 11 is 7.22. The van der Waals surface area contributed by atoms with E-state index in [1.165, 1.54) is 30.7 Å². The van der Waals surface area contributed by atoms with Crippen molar-refractivity contribution in [2.75, 3.05) is 10.5 Å². The summed E-state index contributed by atoms with van der Waals surface area (Å²) < 4.78 is 71.6. The fourth-order valence-electron chi connectivity index (χ4n) is 3.56. The van der Waals surface area contributed by atoms with Gasteiger partial charge in [-0.3, -0.25) is 9.71 Å². The SMILES string of the molecule is Nc1nccc(-c2sc(-c3cncc(Cl)c3)nc2-c2cccc(NS(=O)(=O)c3c(F)cccc3F)c2F)n1. The molecule has 0 saturated heterocycles. The van der Waals surface area contributed by atoms with Gasteiger partial charge in [-0.2, -0.15) is 0 Å². The number of nitrogens with one attached hydrogen (secondary N) is 1. The summed E-state index contributed by atoms with van der Waals surface area (Å²) in [7, 11) is -4.82. The topological polar surface area (TPSA) is 124 Å². The summed E-state index contributed by atoms with van der Waals surface area (Å²) in [5.74, 6) is -3.70. The van der Waals surface area contributed by atoms with E-state index in [0.717, 1.165) is 35.6 Å². The van der Waals surface area contributed by atoms with Gasteiger partial charge in [0.25, 0.3) is 10.0 Å². The Kier molecular flexibility index (Phi) is 6.73. The molecule has 14 heteroatoms. The van der Waals surface area contributed by atoms with E-state index in [9.17, 15) is 17.2 Å². The Morgan fingerprint density at radius 2 is 1.71 bits per heavy atom. The molecule has 0 radical (unpaired) electrons. The molecule has 3 aromatic heterocycles. The van der Waals surface area contributed by atoms with E-state index in [2.05, 4.69) is 19.9 Å². The molecule has 3 heterocycles. The van der Waals surface area contributed by atoms with Gasteiger partial charge in [-0.1, -0.05) is 23.7 Å². The van der Waals surface area contributed by atoms with Crippen LogP contribution < -0.4 is 10.5 Å². The molecule has 0 aliphatic rings. The van der Waals surface area contributed by atoms with Crippen LogP contribution in [0.2, 0.25) is 5.02 Å². The van der Waals surface area contributed by atoms with Crippen LogP contribution in [-0.4, -0.2) is 28.4 Å². The summed E-state index contributed by atoms with van der Waals surface area (Å²) in [5, 5.41) is 0.774. The quantitative estimate of drug-likeness (QED) is 0.263. The van der Waals surface area contributed by atoms with Crippen LogP contribution >= 0.6 is 22.9 Å². The lowest BCUT2D eigenvalue weighted by Crippen LogP contribution is -2.17. The number of anilines is 2. The van der Waals surface area contributed by atoms with Gasteiger partial charge in [0.1, 0.15) is 16.6 Å². The Bertz CT molecular complexity index is 1780. The number of rotatable bonds is 6. The summed E-state index contributed by atoms with van der Waals surface area (Å²) in [6.07, 6.45) is 4.39. The first-order chi connectivity index (χ1) is 18.1. The fraction of sp³-hybridized carbons (Fsp3) is 0. The standard InChI is InChI=1S/C24H14ClF3N6O2S2/c25-13-9-12(10-30-11-13)23-33-20(21(37-23)18-7-8-31-24(29)32-18)14-3-1-6-17(19(14)28)34-38(35,36)22-15(26)4-2-5-16(22)27/h1-11,34H,(H2,29,31,32). The second-order valence-corrected chi connectivity index (χ2v) is 10.8. The maximum Gasteiger partial charge on any atom is 0.267 e. The molecular weight excluding hydrogens is 561 g/mol. The molecule has 0 fully saturated rings. The number of sulfonamides is 1. The van der Waals surface area contributed by atoms with E-state index < -0.39 is 38.1 Å². The van der Waals surface area contributed by atoms with Crippen molar-refractivity contribution in [1.82, 2.24) is 19.9 Å². The first-order valence-corrected chi connectivity index (χ1v) is 13.3. The fourth-order valence-corrected chi connectivity index (χ4v) is 5.96. The number of benzene rings is 2. The molecule has 0 aliphatic carbocycles. The normalized spacial score (nSPS) is 11.5. The van der Waals surface area contributed by atoms with Crippen molar-refractivity contribution in [3.8, 4) is 32.4 Å². The molecule has 0 amide bonds. The molecule has 0 bridgehead atoms. The van der Waals surface area contributed by atoms with Gasteiger partial charge in [0, 0.05) is 29.7 Å². The molecule has 0 unspecified atom stereocenters. The Labute approximate surface area is 223 Å². The molecular formula is C24H14ClF3N6O2S2. The zero-order valence-electron chi connectivity index (χ0n) is 18.9. The molecule has 8 nitrogen and oxygen atoms in total. The minimum absolute atomic E-state index is 0.0262. The highest BCUT2D eigenvalue weighted by atomic mass is 35.5. The van der Waals surface area contributed by atoms with Crippen LogP contribution in [0.25, 0.3) is 32.4 Å². The Balaban J connectivity index is 1.65. The predicted molar refractivity (Wildman–Crippen MR) is 138 cm³/mol. The van der Waals surface area contributed by atoms with E-state index in [4.69, 9.17) is 17.3 Å². The van der Waals surface area contributed by atoms with Crippen molar-refractivity contribution in [3.05, 3.63) is 89.6 Å². The Morgan fingerprint density at radius 1 is 0.974 bits per heavy atom. The molecule has 38 heavy (non-hydrogen) atoms. The summed E-state index contributed by atoms with van der Waals surface area (Å²) in [6.45, 7) is 0. The lowest BCUT2D eigenvalue weighted by molar-refractivity contribution is 0.521. The van der Waals surface area contributed by atoms with E-state index >= 15 is 4.39 Å². The lowest BCUT2D eigenvalue weighted by atomic mass is 10.1. The van der Waals surface area contributed by atoms with E-state index in [-0.39, 0.29) is 17.2 Å². The van der Waals surface area contributed by atoms with Crippen LogP contribution in [0.15, 0.2) is 72.0 Å². The number of nitrogens with zero attached hydrogens (tertiary/aromatic N) is 4. The van der Waals surface area contributed by atoms with Gasteiger partial charge >= 0.3 is 0 Å². The Hall–Kier alpha value is -4.07. The molecule has 0 saturated carbocycles. The van der Waals surface area contributed by atoms with Crippen LogP contribution in [0.4, 0.5) is 24.8 Å². The number of aromatic nitrogens is 4. The number of nitrogens with two attached hydrogens (primary N) is 1. The summed E-state index contributed by atoms with van der Waals surface area (Å²) in [6, 6.07) is 9.62. The third-order valence-electron chi connectivity index (χ3n) is 5.17. The second-order valence-electron chi connectivity index (χ2n) is 7.71. The minimum Gasteiger partial charge on any atom is -0.368 e. The van der Waals surface area contributed by atoms with Crippen molar-refractivity contribution in [2.24, 2.45) is 0 Å². The highest BCUT2D eigenvalue weighted by Crippen LogP contribution is 2.42. The van der Waals surface area contributed by atoms with Gasteiger partial charge in [-0.15, -0.1) is 11.3 Å². The van der Waals surface area contributed by atoms with Gasteiger partial charge < -0.3 is 5.73 Å². The maximum atomic E-state index is 15.8. The maximum absolute atomic E-state index is 15.8. The van der Waals surface area contributed by atoms with Gasteiger partial charge in [0.2, 0.25) is 5.95 Å². The van der Waals surface area contributed by atoms with Crippen molar-refractivity contribution in [3.63, 3.8) is 0 Å². The van der Waals surface area contributed by atoms with Crippen LogP contribution in [0.3, 0.4) is 0 Å². The van der Waals surface area contributed by atoms with Crippen molar-refractivity contribution < 1.29 is 21.6 Å². The second kappa shape index (κ2) is 10.0. The smallest absolute Gasteiger partial charge is 0.267 e. The third-order valence-corrected chi connectivity index (χ3v) is 7.92. The molecule has 0 aliphatic heterocycles. The molecule has 5 rings (SSSR count). The van der Waals surface area contributed by atoms with Crippen molar-refractivity contribution >= 4 is 44.6 Å². The molecule has 0 atom stereocenters. The average Bonchev–Trinajstić information content (AvgIpc) is 3.30. The third kappa shape index (κ3) is 4.90. The minimum atomic E-state index is -4.82. The van der Waals surface area contributed by atoms with Crippen molar-refractivity contribution in [1.29, 1.82) is 0 Å². The van der Waals surface area contributed by atoms with Crippen molar-refractivity contribution in [2.45, 2.75) is 4.90 Å². The van der Waals surface area contributed by atoms with Crippen LogP contribution in [0.1, 0.15) is 0 Å². The number of hydrogen-bond acceptors (Lipinski definition) is 8. The van der Waals surface area contributed by atoms with E-state index in [1.807, 2.05) is 4.72 Å². The summed E-state index contributed by atoms with van der Waals surface area (Å²) in [5.41, 5.74) is 6.09. The van der Waals surface area contributed by atoms with Gasteiger partial charge in [-0.05, 0) is 36.4 Å². The van der Waals surface area contributed by atoms with Gasteiger partial charge in [-0.25, -0.2) is 36.5 Å². The molecule has 3 N–H and O–H groups in total. The summed E-state index contributed by atoms with van der Waals surface area (Å²) in [4.78, 5) is 15.9. The zero-order chi connectivity index (χ0) is 27.0. The number of thiazole rings is 1. The highest BCUT2D eigenvalue weighted by molar-refractivity contribution is 7.92. The largest absolute Gasteiger partial charge is 0.368 e. The van der Waals surface area contributed by atoms with Gasteiger partial charge in [0.05, 0.1) is 27.0 Å². The first-order valence-electron chi connectivity index (χ1n) is 10.6. The number of pyridine rings is 1. The lowest BCUT2D eigenvalue weighted by Gasteiger charge is -2.12. The predicted octanol–water partition coefficient (Wildman–Crippen LogP) is 5.78. The molecule has 192 valence electrons. The van der Waals surface area contributed by atoms with Crippen LogP contribution in [0, 0.1) is 17.5 Å². The Morgan fingerprint density at radius 3 is 2.42 bits per heavy atom. The van der Waals surface area contributed by atoms with Gasteiger partial charge in [0.15, 0.2) is 10.7 Å². The van der Waals surface area contributed by atoms with E-state index in [0.29, 0.717) is 26.2 Å². The number of nitrogen functional groups attached to an aromatic ring is 1. The molecule has 2 aromatic carbocycles. The number of halogens is 4. The monoisotopic (exact) mass is 574 g/mol. The van der Waals surface area contributed by atoms with E-state index in [1.54, 1.807) is 12.1 Å². The molecule has 5 aromatic rings. The zero-order valence-corrected chi connectivity index (χ0v) is 21.3. The first kappa shape index (κ1) is 25.6. The number of hydrogen-bond donors (Lipinski definition) is 2. The highest BCUT2D eigenvalue weighted by Gasteiger charge is 2.27. The van der Waals surface area contributed by atoms with Crippen LogP contribution in [0.5, 0.6) is 0 Å².